The summed E-state index contributed by atoms with van der Waals surface area (Å²) in [5, 5.41) is 12.6. The van der Waals surface area contributed by atoms with Crippen molar-refractivity contribution in [3.8, 4) is 5.69 Å². The van der Waals surface area contributed by atoms with Gasteiger partial charge in [0.25, 0.3) is 11.8 Å². The summed E-state index contributed by atoms with van der Waals surface area (Å²) >= 11 is 0. The van der Waals surface area contributed by atoms with E-state index in [1.807, 2.05) is 0 Å². The summed E-state index contributed by atoms with van der Waals surface area (Å²) in [6, 6.07) is 6.50. The Balaban J connectivity index is 1.52. The number of likely N-dealkylation sites (tertiary alicyclic amines) is 1. The second kappa shape index (κ2) is 5.69. The van der Waals surface area contributed by atoms with Crippen molar-refractivity contribution in [1.29, 1.82) is 0 Å². The van der Waals surface area contributed by atoms with Crippen molar-refractivity contribution in [3.05, 3.63) is 42.2 Å². The van der Waals surface area contributed by atoms with Gasteiger partial charge in [-0.2, -0.15) is 0 Å². The van der Waals surface area contributed by atoms with E-state index < -0.39 is 11.6 Å². The van der Waals surface area contributed by atoms with E-state index in [2.05, 4.69) is 20.9 Å². The van der Waals surface area contributed by atoms with Gasteiger partial charge in [0, 0.05) is 12.1 Å². The summed E-state index contributed by atoms with van der Waals surface area (Å²) in [7, 11) is 0. The van der Waals surface area contributed by atoms with E-state index in [4.69, 9.17) is 0 Å². The highest BCUT2D eigenvalue weighted by Crippen LogP contribution is 2.25. The van der Waals surface area contributed by atoms with E-state index in [9.17, 15) is 14.4 Å². The minimum Gasteiger partial charge on any atom is -0.336 e. The number of hydrogen-bond donors (Lipinski definition) is 2. The van der Waals surface area contributed by atoms with Gasteiger partial charge in [-0.05, 0) is 37.1 Å². The van der Waals surface area contributed by atoms with Crippen LogP contribution in [0.4, 0.5) is 4.79 Å². The summed E-state index contributed by atoms with van der Waals surface area (Å²) in [6.45, 7) is 0.725. The fraction of sp³-hybridized carbons (Fsp3) is 0.312. The molecule has 1 spiro atoms. The minimum absolute atomic E-state index is 0.168. The molecule has 2 aliphatic heterocycles. The highest BCUT2D eigenvalue weighted by atomic mass is 16.2. The first-order valence-corrected chi connectivity index (χ1v) is 7.97. The van der Waals surface area contributed by atoms with Crippen LogP contribution in [0.3, 0.4) is 0 Å². The standard InChI is InChI=1S/C16H16N6O3/c23-13(11-2-4-12(5-3-11)22-9-7-17-20-22)21-8-1-6-16(10-21)14(24)18-15(25)19-16/h2-5,7,9H,1,6,8,10H2,(H2,18,19,24,25). The largest absolute Gasteiger partial charge is 0.336 e. The predicted octanol–water partition coefficient (Wildman–Crippen LogP) is 0.0815. The molecular weight excluding hydrogens is 324 g/mol. The van der Waals surface area contributed by atoms with Crippen molar-refractivity contribution in [2.24, 2.45) is 0 Å². The molecule has 0 bridgehead atoms. The highest BCUT2D eigenvalue weighted by Gasteiger charge is 2.49. The third-order valence-corrected chi connectivity index (χ3v) is 4.60. The van der Waals surface area contributed by atoms with Crippen LogP contribution in [0.2, 0.25) is 0 Å². The van der Waals surface area contributed by atoms with Gasteiger partial charge in [0.1, 0.15) is 5.54 Å². The van der Waals surface area contributed by atoms with Crippen LogP contribution in [-0.4, -0.2) is 56.4 Å². The Morgan fingerprint density at radius 2 is 2.00 bits per heavy atom. The number of aromatic nitrogens is 3. The van der Waals surface area contributed by atoms with Crippen LogP contribution in [0, 0.1) is 0 Å². The smallest absolute Gasteiger partial charge is 0.322 e. The number of amides is 4. The fourth-order valence-corrected chi connectivity index (χ4v) is 3.33. The first kappa shape index (κ1) is 15.3. The number of nitrogens with zero attached hydrogens (tertiary/aromatic N) is 4. The third-order valence-electron chi connectivity index (χ3n) is 4.60. The molecule has 0 radical (unpaired) electrons. The quantitative estimate of drug-likeness (QED) is 0.753. The molecule has 2 fully saturated rings. The zero-order valence-corrected chi connectivity index (χ0v) is 13.3. The van der Waals surface area contributed by atoms with Crippen LogP contribution >= 0.6 is 0 Å². The average molecular weight is 340 g/mol. The zero-order chi connectivity index (χ0) is 17.4. The number of piperidine rings is 1. The van der Waals surface area contributed by atoms with Gasteiger partial charge < -0.3 is 10.2 Å². The lowest BCUT2D eigenvalue weighted by Gasteiger charge is -2.38. The number of rotatable bonds is 2. The van der Waals surface area contributed by atoms with E-state index in [0.29, 0.717) is 24.9 Å². The molecule has 4 amide bonds. The Hall–Kier alpha value is -3.23. The molecule has 9 nitrogen and oxygen atoms in total. The van der Waals surface area contributed by atoms with Crippen LogP contribution in [0.5, 0.6) is 0 Å². The topological polar surface area (TPSA) is 109 Å². The number of benzene rings is 1. The summed E-state index contributed by atoms with van der Waals surface area (Å²) in [5.41, 5.74) is 0.309. The molecule has 128 valence electrons. The Bertz CT molecular complexity index is 832. The molecule has 25 heavy (non-hydrogen) atoms. The molecule has 9 heteroatoms. The summed E-state index contributed by atoms with van der Waals surface area (Å²) in [4.78, 5) is 37.9. The number of carbonyl (C=O) groups excluding carboxylic acids is 3. The number of hydrogen-bond acceptors (Lipinski definition) is 5. The summed E-state index contributed by atoms with van der Waals surface area (Å²) in [6.07, 6.45) is 4.47. The van der Waals surface area contributed by atoms with E-state index in [-0.39, 0.29) is 18.4 Å². The molecule has 1 atom stereocenters. The molecule has 1 aromatic carbocycles. The van der Waals surface area contributed by atoms with Crippen LogP contribution in [0.25, 0.3) is 5.69 Å². The second-order valence-electron chi connectivity index (χ2n) is 6.22. The SMILES string of the molecule is O=C1NC(=O)C2(CCCN(C(=O)c3ccc(-n4ccnn4)cc3)C2)N1. The molecule has 4 rings (SSSR count). The molecule has 0 aliphatic carbocycles. The van der Waals surface area contributed by atoms with E-state index in [1.165, 1.54) is 0 Å². The maximum absolute atomic E-state index is 12.8. The third kappa shape index (κ3) is 2.63. The monoisotopic (exact) mass is 340 g/mol. The van der Waals surface area contributed by atoms with Gasteiger partial charge in [-0.15, -0.1) is 5.10 Å². The van der Waals surface area contributed by atoms with E-state index >= 15 is 0 Å². The molecule has 2 aromatic rings. The number of carbonyl (C=O) groups is 3. The molecule has 1 unspecified atom stereocenters. The molecule has 2 saturated heterocycles. The Labute approximate surface area is 143 Å². The first-order valence-electron chi connectivity index (χ1n) is 7.97. The van der Waals surface area contributed by atoms with Crippen molar-refractivity contribution in [3.63, 3.8) is 0 Å². The maximum Gasteiger partial charge on any atom is 0.322 e. The molecule has 0 saturated carbocycles. The van der Waals surface area contributed by atoms with Crippen LogP contribution in [-0.2, 0) is 4.79 Å². The van der Waals surface area contributed by atoms with E-state index in [0.717, 1.165) is 5.69 Å². The van der Waals surface area contributed by atoms with Crippen molar-refractivity contribution >= 4 is 17.8 Å². The zero-order valence-electron chi connectivity index (χ0n) is 13.3. The molecule has 2 aliphatic rings. The Morgan fingerprint density at radius 3 is 2.64 bits per heavy atom. The second-order valence-corrected chi connectivity index (χ2v) is 6.22. The van der Waals surface area contributed by atoms with Gasteiger partial charge >= 0.3 is 6.03 Å². The fourth-order valence-electron chi connectivity index (χ4n) is 3.33. The van der Waals surface area contributed by atoms with E-state index in [1.54, 1.807) is 46.2 Å². The van der Waals surface area contributed by atoms with Crippen molar-refractivity contribution in [2.75, 3.05) is 13.1 Å². The number of nitrogens with one attached hydrogen (secondary N) is 2. The van der Waals surface area contributed by atoms with Gasteiger partial charge in [0.05, 0.1) is 24.6 Å². The first-order chi connectivity index (χ1) is 12.1. The van der Waals surface area contributed by atoms with Gasteiger partial charge in [-0.1, -0.05) is 5.21 Å². The summed E-state index contributed by atoms with van der Waals surface area (Å²) in [5.74, 6) is -0.533. The van der Waals surface area contributed by atoms with Crippen molar-refractivity contribution in [1.82, 2.24) is 30.5 Å². The number of imide groups is 1. The van der Waals surface area contributed by atoms with Crippen molar-refractivity contribution in [2.45, 2.75) is 18.4 Å². The lowest BCUT2D eigenvalue weighted by atomic mass is 9.89. The molecule has 1 aromatic heterocycles. The predicted molar refractivity (Wildman–Crippen MR) is 85.9 cm³/mol. The van der Waals surface area contributed by atoms with Crippen LogP contribution in [0.15, 0.2) is 36.7 Å². The van der Waals surface area contributed by atoms with Gasteiger partial charge in [-0.3, -0.25) is 14.9 Å². The van der Waals surface area contributed by atoms with Crippen LogP contribution in [0.1, 0.15) is 23.2 Å². The number of urea groups is 1. The van der Waals surface area contributed by atoms with Gasteiger partial charge in [0.15, 0.2) is 0 Å². The van der Waals surface area contributed by atoms with Gasteiger partial charge in [0.2, 0.25) is 0 Å². The maximum atomic E-state index is 12.8. The Kier molecular flexibility index (Phi) is 3.48. The Morgan fingerprint density at radius 1 is 1.20 bits per heavy atom. The lowest BCUT2D eigenvalue weighted by Crippen LogP contribution is -2.59. The lowest BCUT2D eigenvalue weighted by molar-refractivity contribution is -0.125. The van der Waals surface area contributed by atoms with Crippen LogP contribution < -0.4 is 10.6 Å². The molecule has 3 heterocycles. The summed E-state index contributed by atoms with van der Waals surface area (Å²) < 4.78 is 1.60. The van der Waals surface area contributed by atoms with Gasteiger partial charge in [-0.25, -0.2) is 9.48 Å². The molecule has 2 N–H and O–H groups in total. The van der Waals surface area contributed by atoms with Crippen molar-refractivity contribution < 1.29 is 14.4 Å². The average Bonchev–Trinajstić information content (AvgIpc) is 3.24. The normalized spacial score (nSPS) is 22.8. The molecular formula is C16H16N6O3. The highest BCUT2D eigenvalue weighted by molar-refractivity contribution is 6.07. The minimum atomic E-state index is -1.01.